The number of aromatic nitrogens is 2. The molecule has 2 aliphatic rings. The van der Waals surface area contributed by atoms with Gasteiger partial charge in [-0.1, -0.05) is 17.7 Å². The van der Waals surface area contributed by atoms with Crippen LogP contribution in [0.15, 0.2) is 36.5 Å². The number of aryl methyl sites for hydroxylation is 4. The molecule has 5 rings (SSSR count). The normalized spacial score (nSPS) is 17.6. The molecular formula is C23H27N3. The largest absolute Gasteiger partial charge is 0.344 e. The van der Waals surface area contributed by atoms with E-state index < -0.39 is 0 Å². The molecule has 3 heterocycles. The third-order valence-electron chi connectivity index (χ3n) is 6.10. The first-order chi connectivity index (χ1) is 12.7. The Balaban J connectivity index is 1.51. The van der Waals surface area contributed by atoms with Crippen molar-refractivity contribution < 1.29 is 0 Å². The Morgan fingerprint density at radius 1 is 1.12 bits per heavy atom. The summed E-state index contributed by atoms with van der Waals surface area (Å²) in [7, 11) is 0. The van der Waals surface area contributed by atoms with Crippen molar-refractivity contribution in [2.45, 2.75) is 58.7 Å². The number of hydrogen-bond acceptors (Lipinski definition) is 2. The van der Waals surface area contributed by atoms with Gasteiger partial charge in [-0.15, -0.1) is 0 Å². The SMILES string of the molecule is Cc1ccc2c(c1)c1c(n2CCc2ccc(C)nc2)CCN(C2CC2)C1. The number of hydrogen-bond donors (Lipinski definition) is 0. The first-order valence-corrected chi connectivity index (χ1v) is 9.95. The minimum Gasteiger partial charge on any atom is -0.344 e. The zero-order valence-electron chi connectivity index (χ0n) is 15.8. The maximum atomic E-state index is 4.46. The van der Waals surface area contributed by atoms with Gasteiger partial charge in [0.1, 0.15) is 0 Å². The van der Waals surface area contributed by atoms with E-state index in [2.05, 4.69) is 51.7 Å². The predicted octanol–water partition coefficient (Wildman–Crippen LogP) is 4.42. The minimum absolute atomic E-state index is 0.852. The van der Waals surface area contributed by atoms with Crippen molar-refractivity contribution >= 4 is 10.9 Å². The van der Waals surface area contributed by atoms with Crippen molar-refractivity contribution in [3.8, 4) is 0 Å². The highest BCUT2D eigenvalue weighted by Gasteiger charge is 2.33. The molecule has 0 N–H and O–H groups in total. The number of pyridine rings is 1. The number of benzene rings is 1. The fraction of sp³-hybridized carbons (Fsp3) is 0.435. The van der Waals surface area contributed by atoms with Crippen LogP contribution in [0.5, 0.6) is 0 Å². The summed E-state index contributed by atoms with van der Waals surface area (Å²) in [5.41, 5.74) is 8.36. The van der Waals surface area contributed by atoms with Gasteiger partial charge >= 0.3 is 0 Å². The third kappa shape index (κ3) is 2.84. The summed E-state index contributed by atoms with van der Waals surface area (Å²) in [6.07, 6.45) is 7.06. The standard InChI is InChI=1S/C23H27N3/c1-16-3-8-22-20(13-16)21-15-25(19-6-7-19)11-10-23(21)26(22)12-9-18-5-4-17(2)24-14-18/h3-5,8,13-14,19H,6-7,9-12,15H2,1-2H3. The third-order valence-corrected chi connectivity index (χ3v) is 6.10. The fourth-order valence-electron chi connectivity index (χ4n) is 4.48. The van der Waals surface area contributed by atoms with Gasteiger partial charge in [0.2, 0.25) is 0 Å². The van der Waals surface area contributed by atoms with E-state index >= 15 is 0 Å². The molecule has 3 aromatic rings. The van der Waals surface area contributed by atoms with Crippen LogP contribution < -0.4 is 0 Å². The molecule has 2 aromatic heterocycles. The molecule has 1 aliphatic heterocycles. The lowest BCUT2D eigenvalue weighted by Crippen LogP contribution is -2.32. The summed E-state index contributed by atoms with van der Waals surface area (Å²) in [6.45, 7) is 7.66. The Morgan fingerprint density at radius 3 is 2.77 bits per heavy atom. The van der Waals surface area contributed by atoms with Crippen LogP contribution in [0.1, 0.15) is 40.9 Å². The summed E-state index contributed by atoms with van der Waals surface area (Å²) in [4.78, 5) is 7.17. The van der Waals surface area contributed by atoms with E-state index in [1.807, 2.05) is 13.1 Å². The highest BCUT2D eigenvalue weighted by atomic mass is 15.2. The Hall–Kier alpha value is -2.13. The molecule has 0 atom stereocenters. The lowest BCUT2D eigenvalue weighted by molar-refractivity contribution is 0.241. The second kappa shape index (κ2) is 6.24. The van der Waals surface area contributed by atoms with E-state index in [-0.39, 0.29) is 0 Å². The highest BCUT2D eigenvalue weighted by molar-refractivity contribution is 5.86. The molecular weight excluding hydrogens is 318 g/mol. The van der Waals surface area contributed by atoms with Crippen molar-refractivity contribution in [3.63, 3.8) is 0 Å². The molecule has 134 valence electrons. The molecule has 3 nitrogen and oxygen atoms in total. The molecule has 0 bridgehead atoms. The Kier molecular flexibility index (Phi) is 3.86. The number of fused-ring (bicyclic) bond motifs is 3. The van der Waals surface area contributed by atoms with Crippen LogP contribution >= 0.6 is 0 Å². The Labute approximate surface area is 155 Å². The zero-order chi connectivity index (χ0) is 17.7. The van der Waals surface area contributed by atoms with E-state index in [1.54, 1.807) is 11.3 Å². The van der Waals surface area contributed by atoms with Crippen molar-refractivity contribution in [1.82, 2.24) is 14.5 Å². The van der Waals surface area contributed by atoms with Gasteiger partial charge in [-0.2, -0.15) is 0 Å². The Morgan fingerprint density at radius 2 is 2.00 bits per heavy atom. The zero-order valence-corrected chi connectivity index (χ0v) is 15.8. The summed E-state index contributed by atoms with van der Waals surface area (Å²) < 4.78 is 2.59. The highest BCUT2D eigenvalue weighted by Crippen LogP contribution is 2.36. The van der Waals surface area contributed by atoms with Crippen LogP contribution in [-0.2, 0) is 25.9 Å². The van der Waals surface area contributed by atoms with Crippen LogP contribution in [0.25, 0.3) is 10.9 Å². The summed E-state index contributed by atoms with van der Waals surface area (Å²) >= 11 is 0. The average molecular weight is 345 g/mol. The van der Waals surface area contributed by atoms with Gasteiger partial charge < -0.3 is 4.57 Å². The second-order valence-electron chi connectivity index (χ2n) is 8.11. The van der Waals surface area contributed by atoms with E-state index in [4.69, 9.17) is 0 Å². The summed E-state index contributed by atoms with van der Waals surface area (Å²) in [6, 6.07) is 12.2. The summed E-state index contributed by atoms with van der Waals surface area (Å²) in [5, 5.41) is 1.48. The number of nitrogens with zero attached hydrogens (tertiary/aromatic N) is 3. The van der Waals surface area contributed by atoms with Crippen molar-refractivity contribution in [2.75, 3.05) is 6.54 Å². The minimum atomic E-state index is 0.852. The molecule has 1 aliphatic carbocycles. The molecule has 26 heavy (non-hydrogen) atoms. The average Bonchev–Trinajstić information content (AvgIpc) is 3.45. The molecule has 0 spiro atoms. The lowest BCUT2D eigenvalue weighted by Gasteiger charge is -2.28. The molecule has 1 aromatic carbocycles. The van der Waals surface area contributed by atoms with Gasteiger partial charge in [0.25, 0.3) is 0 Å². The smallest absolute Gasteiger partial charge is 0.0486 e. The van der Waals surface area contributed by atoms with Gasteiger partial charge in [0, 0.05) is 60.6 Å². The van der Waals surface area contributed by atoms with Gasteiger partial charge in [0.05, 0.1) is 0 Å². The first-order valence-electron chi connectivity index (χ1n) is 9.95. The Bertz CT molecular complexity index is 948. The summed E-state index contributed by atoms with van der Waals surface area (Å²) in [5.74, 6) is 0. The molecule has 0 saturated heterocycles. The van der Waals surface area contributed by atoms with Gasteiger partial charge in [-0.25, -0.2) is 0 Å². The molecule has 0 amide bonds. The van der Waals surface area contributed by atoms with Crippen LogP contribution in [0.4, 0.5) is 0 Å². The monoisotopic (exact) mass is 345 g/mol. The van der Waals surface area contributed by atoms with Crippen LogP contribution in [-0.4, -0.2) is 27.0 Å². The molecule has 1 saturated carbocycles. The first kappa shape index (κ1) is 16.1. The fourth-order valence-corrected chi connectivity index (χ4v) is 4.48. The maximum Gasteiger partial charge on any atom is 0.0486 e. The lowest BCUT2D eigenvalue weighted by atomic mass is 10.0. The van der Waals surface area contributed by atoms with E-state index in [9.17, 15) is 0 Å². The predicted molar refractivity (Wildman–Crippen MR) is 106 cm³/mol. The second-order valence-corrected chi connectivity index (χ2v) is 8.11. The van der Waals surface area contributed by atoms with Crippen molar-refractivity contribution in [2.24, 2.45) is 0 Å². The van der Waals surface area contributed by atoms with Crippen LogP contribution in [0.3, 0.4) is 0 Å². The van der Waals surface area contributed by atoms with Crippen LogP contribution in [0, 0.1) is 13.8 Å². The molecule has 3 heteroatoms. The van der Waals surface area contributed by atoms with Crippen molar-refractivity contribution in [1.29, 1.82) is 0 Å². The molecule has 0 radical (unpaired) electrons. The topological polar surface area (TPSA) is 21.1 Å². The van der Waals surface area contributed by atoms with E-state index in [1.165, 1.54) is 47.8 Å². The van der Waals surface area contributed by atoms with Crippen LogP contribution in [0.2, 0.25) is 0 Å². The number of rotatable bonds is 4. The van der Waals surface area contributed by atoms with Gasteiger partial charge in [-0.3, -0.25) is 9.88 Å². The van der Waals surface area contributed by atoms with Gasteiger partial charge in [0.15, 0.2) is 0 Å². The van der Waals surface area contributed by atoms with Crippen molar-refractivity contribution in [3.05, 3.63) is 64.6 Å². The maximum absolute atomic E-state index is 4.46. The molecule has 0 unspecified atom stereocenters. The molecule has 1 fully saturated rings. The quantitative estimate of drug-likeness (QED) is 0.698. The van der Waals surface area contributed by atoms with E-state index in [0.29, 0.717) is 0 Å². The van der Waals surface area contributed by atoms with E-state index in [0.717, 1.165) is 31.2 Å². The van der Waals surface area contributed by atoms with Gasteiger partial charge in [-0.05, 0) is 62.4 Å².